The van der Waals surface area contributed by atoms with Crippen molar-refractivity contribution in [2.45, 2.75) is 13.0 Å². The molecular weight excluding hydrogens is 304 g/mol. The van der Waals surface area contributed by atoms with Crippen molar-refractivity contribution in [3.63, 3.8) is 0 Å². The second kappa shape index (κ2) is 5.86. The Kier molecular flexibility index (Phi) is 3.73. The second-order valence-corrected chi connectivity index (χ2v) is 5.29. The van der Waals surface area contributed by atoms with Crippen molar-refractivity contribution in [1.29, 1.82) is 5.26 Å². The van der Waals surface area contributed by atoms with Crippen molar-refractivity contribution in [2.75, 3.05) is 9.80 Å². The fourth-order valence-electron chi connectivity index (χ4n) is 2.61. The van der Waals surface area contributed by atoms with E-state index in [1.807, 2.05) is 6.07 Å². The van der Waals surface area contributed by atoms with E-state index in [1.54, 1.807) is 55.5 Å². The maximum absolute atomic E-state index is 12.7. The van der Waals surface area contributed by atoms with Gasteiger partial charge in [0.25, 0.3) is 5.91 Å². The van der Waals surface area contributed by atoms with E-state index in [2.05, 4.69) is 4.85 Å². The SMILES string of the molecule is [C-]#[N+]c1ccc(N2C(=O)C(C)N(c3ccc(C#N)cc3)C2=O)cc1. The van der Waals surface area contributed by atoms with Crippen LogP contribution in [0.4, 0.5) is 21.9 Å². The van der Waals surface area contributed by atoms with Crippen LogP contribution in [0.5, 0.6) is 0 Å². The Morgan fingerprint density at radius 1 is 1.04 bits per heavy atom. The summed E-state index contributed by atoms with van der Waals surface area (Å²) < 4.78 is 0. The molecule has 0 bridgehead atoms. The van der Waals surface area contributed by atoms with Gasteiger partial charge in [0.1, 0.15) is 6.04 Å². The molecular formula is C18H12N4O2. The lowest BCUT2D eigenvalue weighted by Gasteiger charge is -2.19. The maximum Gasteiger partial charge on any atom is 0.336 e. The standard InChI is InChI=1S/C18H12N4O2/c1-12-17(23)22(16-9-5-14(20-2)6-10-16)18(24)21(12)15-7-3-13(11-19)4-8-15/h3-10,12H,1H3. The Morgan fingerprint density at radius 2 is 1.62 bits per heavy atom. The van der Waals surface area contributed by atoms with Crippen LogP contribution in [0.15, 0.2) is 48.5 Å². The molecule has 0 spiro atoms. The van der Waals surface area contributed by atoms with Crippen molar-refractivity contribution >= 4 is 29.0 Å². The number of hydrogen-bond donors (Lipinski definition) is 0. The van der Waals surface area contributed by atoms with Crippen LogP contribution in [-0.2, 0) is 4.79 Å². The summed E-state index contributed by atoms with van der Waals surface area (Å²) in [6.45, 7) is 8.62. The third-order valence-corrected chi connectivity index (χ3v) is 3.87. The van der Waals surface area contributed by atoms with Crippen molar-refractivity contribution < 1.29 is 9.59 Å². The number of carbonyl (C=O) groups excluding carboxylic acids is 2. The zero-order chi connectivity index (χ0) is 17.3. The molecule has 24 heavy (non-hydrogen) atoms. The van der Waals surface area contributed by atoms with E-state index in [1.165, 1.54) is 4.90 Å². The monoisotopic (exact) mass is 316 g/mol. The van der Waals surface area contributed by atoms with Crippen LogP contribution in [0.1, 0.15) is 12.5 Å². The maximum atomic E-state index is 12.7. The van der Waals surface area contributed by atoms with E-state index in [-0.39, 0.29) is 5.91 Å². The number of carbonyl (C=O) groups is 2. The molecule has 1 fully saturated rings. The van der Waals surface area contributed by atoms with E-state index in [0.29, 0.717) is 22.6 Å². The molecule has 1 atom stereocenters. The predicted molar refractivity (Wildman–Crippen MR) is 88.7 cm³/mol. The van der Waals surface area contributed by atoms with E-state index in [9.17, 15) is 9.59 Å². The molecule has 1 aliphatic heterocycles. The third kappa shape index (κ3) is 2.37. The van der Waals surface area contributed by atoms with Gasteiger partial charge in [-0.1, -0.05) is 12.1 Å². The number of hydrogen-bond acceptors (Lipinski definition) is 3. The van der Waals surface area contributed by atoms with Crippen LogP contribution in [0.2, 0.25) is 0 Å². The highest BCUT2D eigenvalue weighted by Crippen LogP contribution is 2.30. The number of anilines is 2. The summed E-state index contributed by atoms with van der Waals surface area (Å²) in [7, 11) is 0. The molecule has 0 aliphatic carbocycles. The number of benzene rings is 2. The number of nitriles is 1. The van der Waals surface area contributed by atoms with Crippen molar-refractivity contribution in [2.24, 2.45) is 0 Å². The molecule has 0 radical (unpaired) electrons. The summed E-state index contributed by atoms with van der Waals surface area (Å²) in [5, 5.41) is 8.86. The van der Waals surface area contributed by atoms with Gasteiger partial charge in [-0.3, -0.25) is 9.69 Å². The predicted octanol–water partition coefficient (Wildman–Crippen LogP) is 3.47. The van der Waals surface area contributed by atoms with Gasteiger partial charge in [0.15, 0.2) is 5.69 Å². The second-order valence-electron chi connectivity index (χ2n) is 5.29. The molecule has 116 valence electrons. The van der Waals surface area contributed by atoms with Gasteiger partial charge in [-0.2, -0.15) is 5.26 Å². The molecule has 2 aromatic rings. The molecule has 1 heterocycles. The first-order valence-corrected chi connectivity index (χ1v) is 7.21. The largest absolute Gasteiger partial charge is 0.336 e. The van der Waals surface area contributed by atoms with Gasteiger partial charge >= 0.3 is 6.03 Å². The minimum absolute atomic E-state index is 0.333. The quantitative estimate of drug-likeness (QED) is 0.629. The van der Waals surface area contributed by atoms with E-state index in [0.717, 1.165) is 4.90 Å². The zero-order valence-electron chi connectivity index (χ0n) is 12.8. The van der Waals surface area contributed by atoms with E-state index >= 15 is 0 Å². The fraction of sp³-hybridized carbons (Fsp3) is 0.111. The Morgan fingerprint density at radius 3 is 2.17 bits per heavy atom. The van der Waals surface area contributed by atoms with Gasteiger partial charge in [0.05, 0.1) is 23.9 Å². The van der Waals surface area contributed by atoms with E-state index in [4.69, 9.17) is 11.8 Å². The van der Waals surface area contributed by atoms with E-state index < -0.39 is 12.1 Å². The van der Waals surface area contributed by atoms with Gasteiger partial charge < -0.3 is 0 Å². The molecule has 0 N–H and O–H groups in total. The van der Waals surface area contributed by atoms with Crippen molar-refractivity contribution in [3.05, 3.63) is 65.5 Å². The van der Waals surface area contributed by atoms with Crippen LogP contribution in [0, 0.1) is 17.9 Å². The first-order chi connectivity index (χ1) is 11.6. The number of urea groups is 1. The molecule has 6 nitrogen and oxygen atoms in total. The molecule has 1 unspecified atom stereocenters. The molecule has 2 aromatic carbocycles. The molecule has 3 amide bonds. The van der Waals surface area contributed by atoms with Gasteiger partial charge in [-0.15, -0.1) is 0 Å². The van der Waals surface area contributed by atoms with Crippen LogP contribution in [0.25, 0.3) is 4.85 Å². The van der Waals surface area contributed by atoms with Gasteiger partial charge in [-0.25, -0.2) is 14.5 Å². The molecule has 1 saturated heterocycles. The van der Waals surface area contributed by atoms with Gasteiger partial charge in [0.2, 0.25) is 0 Å². The lowest BCUT2D eigenvalue weighted by atomic mass is 10.2. The molecule has 6 heteroatoms. The zero-order valence-corrected chi connectivity index (χ0v) is 12.8. The summed E-state index contributed by atoms with van der Waals surface area (Å²) in [6, 6.07) is 13.7. The van der Waals surface area contributed by atoms with Crippen LogP contribution >= 0.6 is 0 Å². The topological polar surface area (TPSA) is 68.8 Å². The van der Waals surface area contributed by atoms with Crippen LogP contribution in [-0.4, -0.2) is 18.0 Å². The molecule has 0 aromatic heterocycles. The average molecular weight is 316 g/mol. The smallest absolute Gasteiger partial charge is 0.281 e. The highest BCUT2D eigenvalue weighted by atomic mass is 16.2. The minimum atomic E-state index is -0.647. The summed E-state index contributed by atoms with van der Waals surface area (Å²) in [4.78, 5) is 31.1. The summed E-state index contributed by atoms with van der Waals surface area (Å²) in [6.07, 6.45) is 0. The Balaban J connectivity index is 1.96. The molecule has 1 aliphatic rings. The lowest BCUT2D eigenvalue weighted by molar-refractivity contribution is -0.117. The van der Waals surface area contributed by atoms with Crippen LogP contribution in [0.3, 0.4) is 0 Å². The molecule has 0 saturated carbocycles. The first-order valence-electron chi connectivity index (χ1n) is 7.21. The minimum Gasteiger partial charge on any atom is -0.281 e. The Hall–Kier alpha value is -3.64. The Bertz CT molecular complexity index is 889. The molecule has 3 rings (SSSR count). The summed E-state index contributed by atoms with van der Waals surface area (Å²) in [5.41, 5.74) is 1.91. The highest BCUT2D eigenvalue weighted by molar-refractivity contribution is 6.28. The van der Waals surface area contributed by atoms with Gasteiger partial charge in [0, 0.05) is 5.69 Å². The fourth-order valence-corrected chi connectivity index (χ4v) is 2.61. The normalized spacial score (nSPS) is 16.9. The summed E-state index contributed by atoms with van der Waals surface area (Å²) in [5.74, 6) is -0.333. The van der Waals surface area contributed by atoms with Crippen molar-refractivity contribution in [1.82, 2.24) is 0 Å². The number of amides is 3. The van der Waals surface area contributed by atoms with Crippen molar-refractivity contribution in [3.8, 4) is 6.07 Å². The third-order valence-electron chi connectivity index (χ3n) is 3.87. The van der Waals surface area contributed by atoms with Crippen LogP contribution < -0.4 is 9.80 Å². The average Bonchev–Trinajstić information content (AvgIpc) is 2.84. The Labute approximate surface area is 139 Å². The highest BCUT2D eigenvalue weighted by Gasteiger charge is 2.44. The van der Waals surface area contributed by atoms with Gasteiger partial charge in [-0.05, 0) is 43.3 Å². The first kappa shape index (κ1) is 15.3. The lowest BCUT2D eigenvalue weighted by Crippen LogP contribution is -2.33. The number of imide groups is 1. The number of rotatable bonds is 2. The summed E-state index contributed by atoms with van der Waals surface area (Å²) >= 11 is 0. The number of nitrogens with zero attached hydrogens (tertiary/aromatic N) is 4.